The Morgan fingerprint density at radius 1 is 1.00 bits per heavy atom. The molecule has 2 heterocycles. The molecule has 0 aliphatic carbocycles. The summed E-state index contributed by atoms with van der Waals surface area (Å²) in [6.07, 6.45) is -0.554. The van der Waals surface area contributed by atoms with Crippen molar-refractivity contribution in [2.45, 2.75) is 18.1 Å². The molecule has 0 spiro atoms. The number of benzene rings is 2. The lowest BCUT2D eigenvalue weighted by atomic mass is 9.85. The minimum Gasteiger partial charge on any atom is -0.464 e. The first-order chi connectivity index (χ1) is 14.0. The van der Waals surface area contributed by atoms with E-state index in [1.807, 2.05) is 60.7 Å². The smallest absolute Gasteiger partial charge is 0.411 e. The normalized spacial score (nSPS) is 23.4. The number of cyclic esters (lactones) is 1. The third kappa shape index (κ3) is 3.04. The highest BCUT2D eigenvalue weighted by Gasteiger charge is 2.58. The number of nitrogens with zero attached hydrogens (tertiary/aromatic N) is 2. The summed E-state index contributed by atoms with van der Waals surface area (Å²) in [5.74, 6) is -1.09. The van der Waals surface area contributed by atoms with Gasteiger partial charge in [-0.1, -0.05) is 67.2 Å². The number of β-lactam (4-membered cyclic amide) rings is 1. The Labute approximate surface area is 168 Å². The van der Waals surface area contributed by atoms with Gasteiger partial charge in [0, 0.05) is 0 Å². The summed E-state index contributed by atoms with van der Waals surface area (Å²) in [5, 5.41) is 0. The molecular weight excluding hydrogens is 372 g/mol. The van der Waals surface area contributed by atoms with E-state index in [0.29, 0.717) is 0 Å². The van der Waals surface area contributed by atoms with Crippen molar-refractivity contribution < 1.29 is 23.9 Å². The fraction of sp³-hybridized carbons (Fsp3) is 0.227. The van der Waals surface area contributed by atoms with Gasteiger partial charge >= 0.3 is 12.1 Å². The lowest BCUT2D eigenvalue weighted by Gasteiger charge is -2.50. The van der Waals surface area contributed by atoms with Gasteiger partial charge in [-0.25, -0.2) is 9.59 Å². The van der Waals surface area contributed by atoms with Gasteiger partial charge in [0.2, 0.25) is 0 Å². The summed E-state index contributed by atoms with van der Waals surface area (Å²) in [5.41, 5.74) is 1.60. The molecule has 0 radical (unpaired) electrons. The van der Waals surface area contributed by atoms with Crippen molar-refractivity contribution in [2.24, 2.45) is 0 Å². The van der Waals surface area contributed by atoms with Gasteiger partial charge in [-0.2, -0.15) is 0 Å². The Hall–Kier alpha value is -3.61. The van der Waals surface area contributed by atoms with Gasteiger partial charge in [0.25, 0.3) is 5.91 Å². The first-order valence-corrected chi connectivity index (χ1v) is 9.20. The van der Waals surface area contributed by atoms with Crippen LogP contribution in [0.3, 0.4) is 0 Å². The van der Waals surface area contributed by atoms with Gasteiger partial charge in [-0.3, -0.25) is 14.6 Å². The molecule has 2 aromatic rings. The van der Waals surface area contributed by atoms with E-state index >= 15 is 0 Å². The Kier molecular flexibility index (Phi) is 4.80. The standard InChI is InChI=1S/C22H20N2O5/c1-14(21(26)28-2)23-18(16-11-7-4-8-12-16)19(20(23)25)24-17(13-29-22(24)27)15-9-5-3-6-10-15/h3-12,17-19H,1,13H2,2H3/t17-,18?,19?/m1/s1. The Bertz CT molecular complexity index is 960. The molecule has 2 amide bonds. The minimum absolute atomic E-state index is 0.0635. The van der Waals surface area contributed by atoms with Crippen LogP contribution in [0.15, 0.2) is 72.9 Å². The highest BCUT2D eigenvalue weighted by Crippen LogP contribution is 2.45. The molecule has 2 saturated heterocycles. The maximum atomic E-state index is 13.1. The number of esters is 1. The van der Waals surface area contributed by atoms with Gasteiger partial charge in [-0.05, 0) is 11.1 Å². The average Bonchev–Trinajstić information content (AvgIpc) is 3.13. The molecule has 7 nitrogen and oxygen atoms in total. The van der Waals surface area contributed by atoms with Crippen LogP contribution in [0, 0.1) is 0 Å². The Balaban J connectivity index is 1.73. The van der Waals surface area contributed by atoms with Crippen LogP contribution >= 0.6 is 0 Å². The molecule has 2 aliphatic rings. The number of carbonyl (C=O) groups excluding carboxylic acids is 3. The van der Waals surface area contributed by atoms with Gasteiger partial charge in [-0.15, -0.1) is 0 Å². The highest BCUT2D eigenvalue weighted by atomic mass is 16.6. The summed E-state index contributed by atoms with van der Waals surface area (Å²) >= 11 is 0. The number of rotatable bonds is 5. The number of carbonyl (C=O) groups is 3. The van der Waals surface area contributed by atoms with Crippen LogP contribution in [0.4, 0.5) is 4.79 Å². The van der Waals surface area contributed by atoms with Crippen LogP contribution in [-0.4, -0.2) is 47.5 Å². The summed E-state index contributed by atoms with van der Waals surface area (Å²) in [4.78, 5) is 40.5. The van der Waals surface area contributed by atoms with E-state index in [1.54, 1.807) is 0 Å². The lowest BCUT2D eigenvalue weighted by Crippen LogP contribution is -2.66. The molecule has 4 rings (SSSR count). The molecule has 3 atom stereocenters. The maximum absolute atomic E-state index is 13.1. The van der Waals surface area contributed by atoms with Gasteiger partial charge in [0.15, 0.2) is 0 Å². The molecular formula is C22H20N2O5. The molecule has 0 saturated carbocycles. The second kappa shape index (κ2) is 7.43. The predicted molar refractivity (Wildman–Crippen MR) is 103 cm³/mol. The molecule has 0 aromatic heterocycles. The maximum Gasteiger partial charge on any atom is 0.411 e. The summed E-state index contributed by atoms with van der Waals surface area (Å²) in [6, 6.07) is 16.9. The number of amides is 2. The quantitative estimate of drug-likeness (QED) is 0.444. The largest absolute Gasteiger partial charge is 0.464 e. The molecule has 148 valence electrons. The zero-order valence-corrected chi connectivity index (χ0v) is 15.9. The molecule has 0 bridgehead atoms. The van der Waals surface area contributed by atoms with E-state index in [1.165, 1.54) is 16.9 Å². The number of hydrogen-bond donors (Lipinski definition) is 0. The lowest BCUT2D eigenvalue weighted by molar-refractivity contribution is -0.159. The van der Waals surface area contributed by atoms with Crippen molar-refractivity contribution >= 4 is 18.0 Å². The van der Waals surface area contributed by atoms with Crippen molar-refractivity contribution in [1.29, 1.82) is 0 Å². The highest BCUT2D eigenvalue weighted by molar-refractivity contribution is 6.01. The van der Waals surface area contributed by atoms with Crippen molar-refractivity contribution in [3.8, 4) is 0 Å². The molecule has 2 fully saturated rings. The number of ether oxygens (including phenoxy) is 2. The van der Waals surface area contributed by atoms with Crippen molar-refractivity contribution in [3.05, 3.63) is 84.1 Å². The van der Waals surface area contributed by atoms with Crippen LogP contribution in [0.2, 0.25) is 0 Å². The molecule has 2 unspecified atom stereocenters. The Morgan fingerprint density at radius 3 is 2.17 bits per heavy atom. The topological polar surface area (TPSA) is 76.2 Å². The van der Waals surface area contributed by atoms with E-state index in [4.69, 9.17) is 9.47 Å². The molecule has 2 aliphatic heterocycles. The minimum atomic E-state index is -0.806. The molecule has 2 aromatic carbocycles. The number of hydrogen-bond acceptors (Lipinski definition) is 5. The molecule has 29 heavy (non-hydrogen) atoms. The summed E-state index contributed by atoms with van der Waals surface area (Å²) in [7, 11) is 1.23. The second-order valence-electron chi connectivity index (χ2n) is 6.86. The van der Waals surface area contributed by atoms with Crippen LogP contribution < -0.4 is 0 Å². The van der Waals surface area contributed by atoms with E-state index in [-0.39, 0.29) is 12.3 Å². The van der Waals surface area contributed by atoms with Gasteiger partial charge < -0.3 is 9.47 Å². The van der Waals surface area contributed by atoms with E-state index in [9.17, 15) is 14.4 Å². The van der Waals surface area contributed by atoms with Gasteiger partial charge in [0.1, 0.15) is 18.3 Å². The first kappa shape index (κ1) is 18.7. The Morgan fingerprint density at radius 2 is 1.59 bits per heavy atom. The van der Waals surface area contributed by atoms with Gasteiger partial charge in [0.05, 0.1) is 19.2 Å². The summed E-state index contributed by atoms with van der Waals surface area (Å²) < 4.78 is 10.0. The van der Waals surface area contributed by atoms with Crippen LogP contribution in [0.5, 0.6) is 0 Å². The summed E-state index contributed by atoms with van der Waals surface area (Å²) in [6.45, 7) is 3.89. The van der Waals surface area contributed by atoms with Crippen LogP contribution in [0.1, 0.15) is 23.2 Å². The van der Waals surface area contributed by atoms with E-state index in [2.05, 4.69) is 6.58 Å². The first-order valence-electron chi connectivity index (χ1n) is 9.20. The fourth-order valence-electron chi connectivity index (χ4n) is 3.92. The number of methoxy groups -OCH3 is 1. The zero-order valence-electron chi connectivity index (χ0n) is 15.9. The monoisotopic (exact) mass is 392 g/mol. The van der Waals surface area contributed by atoms with Crippen LogP contribution in [-0.2, 0) is 19.1 Å². The number of likely N-dealkylation sites (tertiary alicyclic amines) is 1. The second-order valence-corrected chi connectivity index (χ2v) is 6.86. The van der Waals surface area contributed by atoms with Crippen molar-refractivity contribution in [1.82, 2.24) is 9.80 Å². The average molecular weight is 392 g/mol. The molecule has 0 N–H and O–H groups in total. The predicted octanol–water partition coefficient (Wildman–Crippen LogP) is 2.82. The van der Waals surface area contributed by atoms with Crippen LogP contribution in [0.25, 0.3) is 0 Å². The zero-order chi connectivity index (χ0) is 20.5. The van der Waals surface area contributed by atoms with E-state index < -0.39 is 36.1 Å². The third-order valence-electron chi connectivity index (χ3n) is 5.32. The fourth-order valence-corrected chi connectivity index (χ4v) is 3.92. The van der Waals surface area contributed by atoms with Crippen molar-refractivity contribution in [3.63, 3.8) is 0 Å². The van der Waals surface area contributed by atoms with E-state index in [0.717, 1.165) is 11.1 Å². The SMILES string of the molecule is C=C(C(=O)OC)N1C(=O)C(N2C(=O)OC[C@@H]2c2ccccc2)C1c1ccccc1. The third-order valence-corrected chi connectivity index (χ3v) is 5.32. The molecule has 7 heteroatoms. The van der Waals surface area contributed by atoms with Crippen molar-refractivity contribution in [2.75, 3.05) is 13.7 Å².